The van der Waals surface area contributed by atoms with Gasteiger partial charge in [0.2, 0.25) is 0 Å². The molecule has 0 aromatic heterocycles. The molecule has 0 saturated heterocycles. The Morgan fingerprint density at radius 3 is 1.42 bits per heavy atom. The largest absolute Gasteiger partial charge is 0.457 e. The fourth-order valence-corrected chi connectivity index (χ4v) is 6.89. The van der Waals surface area contributed by atoms with E-state index < -0.39 is 0 Å². The number of rotatable bonds is 4. The molecule has 0 unspecified atom stereocenters. The minimum atomic E-state index is 0.838. The zero-order chi connectivity index (χ0) is 30.7. The molecule has 8 rings (SSSR count). The molecule has 0 radical (unpaired) electrons. The fraction of sp³-hybridized carbons (Fsp3) is 0.0909. The second-order valence-corrected chi connectivity index (χ2v) is 12.5. The summed E-state index contributed by atoms with van der Waals surface area (Å²) in [5, 5.41) is 9.87. The van der Waals surface area contributed by atoms with Crippen molar-refractivity contribution >= 4 is 43.1 Å². The summed E-state index contributed by atoms with van der Waals surface area (Å²) in [6.07, 6.45) is 0. The van der Waals surface area contributed by atoms with Crippen LogP contribution in [0.1, 0.15) is 22.3 Å². The smallest absolute Gasteiger partial charge is 0.128 e. The summed E-state index contributed by atoms with van der Waals surface area (Å²) in [4.78, 5) is 0. The van der Waals surface area contributed by atoms with E-state index in [9.17, 15) is 0 Å². The first-order chi connectivity index (χ1) is 21.9. The zero-order valence-corrected chi connectivity index (χ0v) is 26.1. The van der Waals surface area contributed by atoms with Crippen molar-refractivity contribution in [2.24, 2.45) is 0 Å². The molecule has 8 aromatic carbocycles. The van der Waals surface area contributed by atoms with E-state index in [0.717, 1.165) is 11.5 Å². The van der Waals surface area contributed by atoms with Crippen molar-refractivity contribution in [1.29, 1.82) is 0 Å². The van der Waals surface area contributed by atoms with E-state index >= 15 is 0 Å². The molecule has 0 bridgehead atoms. The van der Waals surface area contributed by atoms with Gasteiger partial charge in [-0.1, -0.05) is 108 Å². The maximum Gasteiger partial charge on any atom is 0.128 e. The first-order valence-corrected chi connectivity index (χ1v) is 15.7. The van der Waals surface area contributed by atoms with Crippen LogP contribution in [0.25, 0.3) is 65.3 Å². The summed E-state index contributed by atoms with van der Waals surface area (Å²) in [5.74, 6) is 1.68. The van der Waals surface area contributed by atoms with Gasteiger partial charge in [-0.25, -0.2) is 0 Å². The lowest BCUT2D eigenvalue weighted by Gasteiger charge is -2.16. The molecule has 0 aliphatic rings. The van der Waals surface area contributed by atoms with E-state index in [0.29, 0.717) is 0 Å². The molecule has 0 N–H and O–H groups in total. The zero-order valence-electron chi connectivity index (χ0n) is 26.1. The van der Waals surface area contributed by atoms with Crippen molar-refractivity contribution in [3.05, 3.63) is 156 Å². The topological polar surface area (TPSA) is 9.23 Å². The normalized spacial score (nSPS) is 11.6. The standard InChI is InChI=1S/C44H34O/c1-27-5-9-31-13-15-35(23-37(31)21-27)43-29(3)7-11-33-14-16-36(25-41(33)43)44-30(4)8-12-34-18-20-40(26-42(34)44)45-39-19-17-32-10-6-28(2)22-38(32)24-39/h5-26H,1-4H3. The van der Waals surface area contributed by atoms with Gasteiger partial charge in [-0.3, -0.25) is 0 Å². The Hall–Kier alpha value is -5.40. The van der Waals surface area contributed by atoms with Gasteiger partial charge in [0, 0.05) is 0 Å². The number of ether oxygens (including phenoxy) is 1. The predicted molar refractivity (Wildman–Crippen MR) is 193 cm³/mol. The minimum absolute atomic E-state index is 0.838. The lowest BCUT2D eigenvalue weighted by Crippen LogP contribution is -1.91. The van der Waals surface area contributed by atoms with Crippen molar-refractivity contribution in [1.82, 2.24) is 0 Å². The highest BCUT2D eigenvalue weighted by atomic mass is 16.5. The molecule has 45 heavy (non-hydrogen) atoms. The summed E-state index contributed by atoms with van der Waals surface area (Å²) in [6.45, 7) is 8.72. The molecular formula is C44H34O. The van der Waals surface area contributed by atoms with Crippen LogP contribution in [-0.2, 0) is 0 Å². The van der Waals surface area contributed by atoms with Gasteiger partial charge >= 0.3 is 0 Å². The number of hydrogen-bond donors (Lipinski definition) is 0. The Morgan fingerprint density at radius 1 is 0.333 bits per heavy atom. The van der Waals surface area contributed by atoms with Gasteiger partial charge in [0.25, 0.3) is 0 Å². The van der Waals surface area contributed by atoms with Gasteiger partial charge in [-0.05, 0) is 141 Å². The van der Waals surface area contributed by atoms with Crippen molar-refractivity contribution in [2.45, 2.75) is 27.7 Å². The quantitative estimate of drug-likeness (QED) is 0.202. The Labute approximate surface area is 264 Å². The van der Waals surface area contributed by atoms with E-state index in [1.807, 2.05) is 0 Å². The van der Waals surface area contributed by atoms with Crippen LogP contribution >= 0.6 is 0 Å². The van der Waals surface area contributed by atoms with Crippen molar-refractivity contribution in [2.75, 3.05) is 0 Å². The van der Waals surface area contributed by atoms with Crippen LogP contribution < -0.4 is 4.74 Å². The molecular weight excluding hydrogens is 544 g/mol. The van der Waals surface area contributed by atoms with Crippen molar-refractivity contribution < 1.29 is 4.74 Å². The Morgan fingerprint density at radius 2 is 0.778 bits per heavy atom. The van der Waals surface area contributed by atoms with E-state index in [4.69, 9.17) is 4.74 Å². The molecule has 0 spiro atoms. The molecule has 8 aromatic rings. The Kier molecular flexibility index (Phi) is 6.43. The average molecular weight is 579 g/mol. The molecule has 0 aliphatic carbocycles. The Balaban J connectivity index is 1.26. The molecule has 0 heterocycles. The molecule has 0 atom stereocenters. The van der Waals surface area contributed by atoms with Crippen LogP contribution in [0.15, 0.2) is 133 Å². The van der Waals surface area contributed by atoms with Gasteiger partial charge < -0.3 is 4.74 Å². The molecule has 1 nitrogen and oxygen atoms in total. The average Bonchev–Trinajstić information content (AvgIpc) is 3.04. The van der Waals surface area contributed by atoms with Crippen LogP contribution in [0.4, 0.5) is 0 Å². The van der Waals surface area contributed by atoms with Crippen LogP contribution in [0, 0.1) is 27.7 Å². The van der Waals surface area contributed by atoms with E-state index in [-0.39, 0.29) is 0 Å². The highest BCUT2D eigenvalue weighted by molar-refractivity contribution is 6.05. The molecule has 0 saturated carbocycles. The number of hydrogen-bond acceptors (Lipinski definition) is 1. The molecule has 1 heteroatoms. The third-order valence-corrected chi connectivity index (χ3v) is 9.21. The van der Waals surface area contributed by atoms with Crippen LogP contribution in [0.3, 0.4) is 0 Å². The number of benzene rings is 8. The lowest BCUT2D eigenvalue weighted by molar-refractivity contribution is 0.484. The predicted octanol–water partition coefficient (Wildman–Crippen LogP) is 12.7. The summed E-state index contributed by atoms with van der Waals surface area (Å²) >= 11 is 0. The summed E-state index contributed by atoms with van der Waals surface area (Å²) in [7, 11) is 0. The van der Waals surface area contributed by atoms with Gasteiger partial charge in [0.1, 0.15) is 11.5 Å². The SMILES string of the molecule is Cc1ccc2ccc(Oc3ccc4ccc(C)c(-c5ccc6ccc(C)c(-c7ccc8ccc(C)cc8c7)c6c5)c4c3)cc2c1. The summed E-state index contributed by atoms with van der Waals surface area (Å²) < 4.78 is 6.47. The molecule has 0 aliphatic heterocycles. The lowest BCUT2D eigenvalue weighted by atomic mass is 9.88. The van der Waals surface area contributed by atoms with Gasteiger partial charge in [-0.15, -0.1) is 0 Å². The second-order valence-electron chi connectivity index (χ2n) is 12.5. The summed E-state index contributed by atoms with van der Waals surface area (Å²) in [5.41, 5.74) is 10.1. The molecule has 216 valence electrons. The first-order valence-electron chi connectivity index (χ1n) is 15.7. The van der Waals surface area contributed by atoms with Gasteiger partial charge in [0.15, 0.2) is 0 Å². The molecule has 0 amide bonds. The van der Waals surface area contributed by atoms with Crippen molar-refractivity contribution in [3.8, 4) is 33.8 Å². The monoisotopic (exact) mass is 578 g/mol. The van der Waals surface area contributed by atoms with Crippen LogP contribution in [-0.4, -0.2) is 0 Å². The highest BCUT2D eigenvalue weighted by Gasteiger charge is 2.14. The van der Waals surface area contributed by atoms with Crippen LogP contribution in [0.5, 0.6) is 11.5 Å². The maximum absolute atomic E-state index is 6.47. The second kappa shape index (κ2) is 10.6. The highest BCUT2D eigenvalue weighted by Crippen LogP contribution is 2.40. The number of aryl methyl sites for hydroxylation is 4. The van der Waals surface area contributed by atoms with Gasteiger partial charge in [-0.2, -0.15) is 0 Å². The van der Waals surface area contributed by atoms with E-state index in [2.05, 4.69) is 161 Å². The third kappa shape index (κ3) is 4.91. The third-order valence-electron chi connectivity index (χ3n) is 9.21. The fourth-order valence-electron chi connectivity index (χ4n) is 6.89. The Bertz CT molecular complexity index is 2450. The first kappa shape index (κ1) is 27.2. The van der Waals surface area contributed by atoms with E-state index in [1.165, 1.54) is 87.6 Å². The summed E-state index contributed by atoms with van der Waals surface area (Å²) in [6, 6.07) is 48.7. The number of fused-ring (bicyclic) bond motifs is 4. The van der Waals surface area contributed by atoms with E-state index in [1.54, 1.807) is 0 Å². The van der Waals surface area contributed by atoms with Crippen LogP contribution in [0.2, 0.25) is 0 Å². The minimum Gasteiger partial charge on any atom is -0.457 e. The maximum atomic E-state index is 6.47. The van der Waals surface area contributed by atoms with Gasteiger partial charge in [0.05, 0.1) is 0 Å². The molecule has 0 fully saturated rings. The van der Waals surface area contributed by atoms with Crippen molar-refractivity contribution in [3.63, 3.8) is 0 Å².